The van der Waals surface area contributed by atoms with Crippen molar-refractivity contribution in [3.8, 4) is 0 Å². The van der Waals surface area contributed by atoms with Crippen molar-refractivity contribution in [2.75, 3.05) is 6.61 Å². The lowest BCUT2D eigenvalue weighted by atomic mass is 10.0. The van der Waals surface area contributed by atoms with Crippen LogP contribution in [-0.4, -0.2) is 35.1 Å². The Hall–Kier alpha value is -1.20. The van der Waals surface area contributed by atoms with Gasteiger partial charge < -0.3 is 15.2 Å². The minimum atomic E-state index is -1.03. The number of nitrogens with two attached hydrogens (primary N) is 1. The minimum Gasteiger partial charge on any atom is -0.458 e. The molecule has 5 heteroatoms. The molecule has 116 valence electrons. The second-order valence-corrected chi connectivity index (χ2v) is 6.55. The first-order valence-corrected chi connectivity index (χ1v) is 6.65. The van der Waals surface area contributed by atoms with Gasteiger partial charge in [-0.25, -0.2) is 0 Å². The van der Waals surface area contributed by atoms with Gasteiger partial charge in [-0.1, -0.05) is 6.58 Å². The molecule has 0 amide bonds. The van der Waals surface area contributed by atoms with Gasteiger partial charge in [-0.2, -0.15) is 0 Å². The van der Waals surface area contributed by atoms with E-state index in [-0.39, 0.29) is 12.4 Å². The Morgan fingerprint density at radius 2 is 1.65 bits per heavy atom. The van der Waals surface area contributed by atoms with Gasteiger partial charge in [0.25, 0.3) is 0 Å². The fourth-order valence-electron chi connectivity index (χ4n) is 1.30. The van der Waals surface area contributed by atoms with Crippen LogP contribution in [0.15, 0.2) is 12.7 Å². The van der Waals surface area contributed by atoms with E-state index in [2.05, 4.69) is 6.58 Å². The maximum absolute atomic E-state index is 11.7. The van der Waals surface area contributed by atoms with E-state index >= 15 is 0 Å². The van der Waals surface area contributed by atoms with Crippen LogP contribution in [0.2, 0.25) is 0 Å². The van der Waals surface area contributed by atoms with E-state index in [1.165, 1.54) is 6.08 Å². The number of carbonyl (C=O) groups excluding carboxylic acids is 2. The van der Waals surface area contributed by atoms with Crippen LogP contribution in [0, 0.1) is 0 Å². The van der Waals surface area contributed by atoms with E-state index in [1.54, 1.807) is 41.5 Å². The molecule has 0 atom stereocenters. The summed E-state index contributed by atoms with van der Waals surface area (Å²) >= 11 is 0. The summed E-state index contributed by atoms with van der Waals surface area (Å²) < 4.78 is 10.9. The highest BCUT2D eigenvalue weighted by molar-refractivity contribution is 5.95. The number of rotatable bonds is 8. The topological polar surface area (TPSA) is 78.6 Å². The van der Waals surface area contributed by atoms with Crippen LogP contribution in [0.5, 0.6) is 0 Å². The summed E-state index contributed by atoms with van der Waals surface area (Å²) in [6, 6.07) is 0. The fourth-order valence-corrected chi connectivity index (χ4v) is 1.30. The molecule has 5 nitrogen and oxygen atoms in total. The highest BCUT2D eigenvalue weighted by Gasteiger charge is 2.32. The summed E-state index contributed by atoms with van der Waals surface area (Å²) in [6.07, 6.45) is 1.70. The molecule has 0 saturated heterocycles. The third-order valence-electron chi connectivity index (χ3n) is 2.84. The van der Waals surface area contributed by atoms with Crippen LogP contribution in [0.25, 0.3) is 0 Å². The van der Waals surface area contributed by atoms with Gasteiger partial charge in [0.05, 0.1) is 6.61 Å². The zero-order chi connectivity index (χ0) is 16.2. The van der Waals surface area contributed by atoms with Crippen molar-refractivity contribution in [3.05, 3.63) is 12.7 Å². The molecule has 0 aliphatic carbocycles. The van der Waals surface area contributed by atoms with Crippen LogP contribution < -0.4 is 5.73 Å². The van der Waals surface area contributed by atoms with Crippen LogP contribution >= 0.6 is 0 Å². The third-order valence-corrected chi connectivity index (χ3v) is 2.84. The fraction of sp³-hybridized carbons (Fsp3) is 0.733. The molecule has 0 spiro atoms. The molecule has 0 saturated carbocycles. The lowest BCUT2D eigenvalue weighted by Gasteiger charge is -2.30. The smallest absolute Gasteiger partial charge is 0.326 e. The van der Waals surface area contributed by atoms with Gasteiger partial charge in [0.15, 0.2) is 5.78 Å². The second kappa shape index (κ2) is 6.50. The summed E-state index contributed by atoms with van der Waals surface area (Å²) in [5.41, 5.74) is 3.02. The molecule has 0 aromatic heterocycles. The van der Waals surface area contributed by atoms with Gasteiger partial charge in [0, 0.05) is 6.42 Å². The maximum atomic E-state index is 11.7. The van der Waals surface area contributed by atoms with Crippen LogP contribution in [0.1, 0.15) is 48.0 Å². The highest BCUT2D eigenvalue weighted by atomic mass is 16.6. The lowest BCUT2D eigenvalue weighted by Crippen LogP contribution is -2.47. The van der Waals surface area contributed by atoms with Crippen LogP contribution in [0.3, 0.4) is 0 Å². The van der Waals surface area contributed by atoms with Gasteiger partial charge in [-0.3, -0.25) is 9.59 Å². The lowest BCUT2D eigenvalue weighted by molar-refractivity contribution is -0.165. The zero-order valence-corrected chi connectivity index (χ0v) is 13.4. The van der Waals surface area contributed by atoms with Gasteiger partial charge >= 0.3 is 5.97 Å². The Kier molecular flexibility index (Phi) is 6.11. The van der Waals surface area contributed by atoms with Crippen molar-refractivity contribution in [1.29, 1.82) is 0 Å². The minimum absolute atomic E-state index is 0.185. The van der Waals surface area contributed by atoms with Crippen molar-refractivity contribution in [3.63, 3.8) is 0 Å². The van der Waals surface area contributed by atoms with Gasteiger partial charge in [-0.15, -0.1) is 0 Å². The maximum Gasteiger partial charge on any atom is 0.326 e. The molecular weight excluding hydrogens is 258 g/mol. The number of ether oxygens (including phenoxy) is 2. The van der Waals surface area contributed by atoms with Gasteiger partial charge in [-0.05, 0) is 47.6 Å². The van der Waals surface area contributed by atoms with Gasteiger partial charge in [0.2, 0.25) is 0 Å². The highest BCUT2D eigenvalue weighted by Crippen LogP contribution is 2.20. The van der Waals surface area contributed by atoms with E-state index in [9.17, 15) is 9.59 Å². The molecule has 0 radical (unpaired) electrons. The normalized spacial score (nSPS) is 12.9. The van der Waals surface area contributed by atoms with Crippen molar-refractivity contribution in [2.24, 2.45) is 5.73 Å². The van der Waals surface area contributed by atoms with Crippen molar-refractivity contribution in [1.82, 2.24) is 0 Å². The molecule has 0 heterocycles. The first-order valence-electron chi connectivity index (χ1n) is 6.65. The van der Waals surface area contributed by atoms with E-state index < -0.39 is 22.7 Å². The number of hydrogen-bond acceptors (Lipinski definition) is 5. The molecule has 0 aliphatic heterocycles. The quantitative estimate of drug-likeness (QED) is 0.545. The zero-order valence-electron chi connectivity index (χ0n) is 13.4. The summed E-state index contributed by atoms with van der Waals surface area (Å²) in [5, 5.41) is 0. The summed E-state index contributed by atoms with van der Waals surface area (Å²) in [6.45, 7) is 13.8. The monoisotopic (exact) mass is 285 g/mol. The Balaban J connectivity index is 4.41. The Bertz CT molecular complexity index is 378. The van der Waals surface area contributed by atoms with Crippen molar-refractivity contribution < 1.29 is 19.1 Å². The number of hydrogen-bond donors (Lipinski definition) is 1. The van der Waals surface area contributed by atoms with E-state index in [4.69, 9.17) is 15.2 Å². The summed E-state index contributed by atoms with van der Waals surface area (Å²) in [4.78, 5) is 23.3. The molecule has 0 aromatic carbocycles. The Labute approximate surface area is 121 Å². The molecule has 0 bridgehead atoms. The van der Waals surface area contributed by atoms with E-state index in [0.29, 0.717) is 6.42 Å². The predicted molar refractivity (Wildman–Crippen MR) is 78.3 cm³/mol. The second-order valence-electron chi connectivity index (χ2n) is 6.55. The first kappa shape index (κ1) is 18.8. The molecule has 0 rings (SSSR count). The molecule has 0 unspecified atom stereocenters. The molecule has 2 N–H and O–H groups in total. The van der Waals surface area contributed by atoms with Crippen LogP contribution in [0.4, 0.5) is 0 Å². The Morgan fingerprint density at radius 3 is 2.05 bits per heavy atom. The summed E-state index contributed by atoms with van der Waals surface area (Å²) in [7, 11) is 0. The third kappa shape index (κ3) is 6.30. The van der Waals surface area contributed by atoms with Crippen molar-refractivity contribution in [2.45, 2.75) is 64.7 Å². The SMILES string of the molecule is C=CC(=O)C(C)(C)OCCC(C)(C)OC(=O)C(C)(C)N. The largest absolute Gasteiger partial charge is 0.458 e. The molecule has 0 fully saturated rings. The average molecular weight is 285 g/mol. The molecular formula is C15H27NO4. The van der Waals surface area contributed by atoms with E-state index in [0.717, 1.165) is 0 Å². The number of carbonyl (C=O) groups is 2. The molecule has 0 aromatic rings. The van der Waals surface area contributed by atoms with Gasteiger partial charge in [0.1, 0.15) is 16.7 Å². The average Bonchev–Trinajstić information content (AvgIpc) is 2.25. The molecule has 20 heavy (non-hydrogen) atoms. The van der Waals surface area contributed by atoms with Crippen molar-refractivity contribution >= 4 is 11.8 Å². The number of ketones is 1. The summed E-state index contributed by atoms with van der Waals surface area (Å²) in [5.74, 6) is -0.653. The number of esters is 1. The predicted octanol–water partition coefficient (Wildman–Crippen LogP) is 1.99. The molecule has 0 aliphatic rings. The standard InChI is InChI=1S/C15H27NO4/c1-8-11(17)15(6,7)19-10-9-13(2,3)20-12(18)14(4,5)16/h8H,1,9-10,16H2,2-7H3. The van der Waals surface area contributed by atoms with Crippen LogP contribution in [-0.2, 0) is 19.1 Å². The first-order chi connectivity index (χ1) is 8.82. The van der Waals surface area contributed by atoms with E-state index in [1.807, 2.05) is 0 Å². The Morgan fingerprint density at radius 1 is 1.15 bits per heavy atom.